The Kier molecular flexibility index (Phi) is 9.95. The largest absolute Gasteiger partial charge is 0.0854 e. The van der Waals surface area contributed by atoms with Crippen LogP contribution in [0.15, 0.2) is 36.4 Å². The molecule has 0 spiro atoms. The maximum absolute atomic E-state index is 2.40. The van der Waals surface area contributed by atoms with Crippen molar-refractivity contribution in [1.82, 2.24) is 0 Å². The Morgan fingerprint density at radius 3 is 2.19 bits per heavy atom. The van der Waals surface area contributed by atoms with Crippen LogP contribution >= 0.6 is 0 Å². The van der Waals surface area contributed by atoms with Gasteiger partial charge in [0.1, 0.15) is 0 Å². The van der Waals surface area contributed by atoms with Crippen molar-refractivity contribution in [2.75, 3.05) is 0 Å². The van der Waals surface area contributed by atoms with Gasteiger partial charge in [0, 0.05) is 0 Å². The molecule has 0 amide bonds. The first-order valence-corrected chi connectivity index (χ1v) is 8.94. The fourth-order valence-electron chi connectivity index (χ4n) is 2.68. The highest BCUT2D eigenvalue weighted by molar-refractivity contribution is 5.23. The van der Waals surface area contributed by atoms with Crippen molar-refractivity contribution >= 4 is 0 Å². The molecule has 0 radical (unpaired) electrons. The topological polar surface area (TPSA) is 0 Å². The van der Waals surface area contributed by atoms with E-state index in [2.05, 4.69) is 57.2 Å². The zero-order valence-electron chi connectivity index (χ0n) is 14.4. The normalized spacial score (nSPS) is 12.9. The number of hydrogen-bond acceptors (Lipinski definition) is 0. The van der Waals surface area contributed by atoms with Gasteiger partial charge in [-0.15, -0.1) is 0 Å². The molecule has 1 atom stereocenters. The second kappa shape index (κ2) is 11.6. The number of benzene rings is 1. The number of aryl methyl sites for hydroxylation is 1. The summed E-state index contributed by atoms with van der Waals surface area (Å²) in [7, 11) is 0. The Morgan fingerprint density at radius 1 is 0.905 bits per heavy atom. The molecule has 0 fully saturated rings. The molecule has 0 saturated heterocycles. The summed E-state index contributed by atoms with van der Waals surface area (Å²) in [4.78, 5) is 0. The smallest absolute Gasteiger partial charge is 0.00974 e. The van der Waals surface area contributed by atoms with Gasteiger partial charge in [-0.05, 0) is 31.2 Å². The molecule has 0 bridgehead atoms. The lowest BCUT2D eigenvalue weighted by atomic mass is 10.0. The van der Waals surface area contributed by atoms with Crippen molar-refractivity contribution in [3.8, 4) is 0 Å². The van der Waals surface area contributed by atoms with E-state index in [9.17, 15) is 0 Å². The predicted octanol–water partition coefficient (Wildman–Crippen LogP) is 6.87. The van der Waals surface area contributed by atoms with Crippen molar-refractivity contribution in [1.29, 1.82) is 0 Å². The maximum atomic E-state index is 2.40. The van der Waals surface area contributed by atoms with Gasteiger partial charge in [0.25, 0.3) is 0 Å². The van der Waals surface area contributed by atoms with Crippen LogP contribution < -0.4 is 0 Å². The molecule has 1 aromatic carbocycles. The number of unbranched alkanes of at least 4 members (excludes halogenated alkanes) is 6. The summed E-state index contributed by atoms with van der Waals surface area (Å²) in [6.45, 7) is 6.78. The average Bonchev–Trinajstić information content (AvgIpc) is 2.48. The third kappa shape index (κ3) is 9.50. The van der Waals surface area contributed by atoms with E-state index in [-0.39, 0.29) is 0 Å². The molecule has 0 aliphatic rings. The van der Waals surface area contributed by atoms with Crippen LogP contribution in [-0.4, -0.2) is 0 Å². The molecule has 0 heteroatoms. The zero-order chi connectivity index (χ0) is 15.3. The number of hydrogen-bond donors (Lipinski definition) is 0. The molecule has 0 N–H and O–H groups in total. The van der Waals surface area contributed by atoms with Crippen LogP contribution in [0.25, 0.3) is 0 Å². The van der Waals surface area contributed by atoms with Crippen molar-refractivity contribution in [2.24, 2.45) is 5.92 Å². The quantitative estimate of drug-likeness (QED) is 0.307. The van der Waals surface area contributed by atoms with E-state index in [0.29, 0.717) is 0 Å². The number of rotatable bonds is 11. The Balaban J connectivity index is 2.06. The minimum atomic E-state index is 0.728. The first-order chi connectivity index (χ1) is 10.2. The summed E-state index contributed by atoms with van der Waals surface area (Å²) in [5.74, 6) is 0.728. The molecule has 0 aliphatic carbocycles. The molecule has 1 rings (SSSR count). The van der Waals surface area contributed by atoms with Crippen LogP contribution in [0, 0.1) is 12.8 Å². The lowest BCUT2D eigenvalue weighted by Gasteiger charge is -2.06. The van der Waals surface area contributed by atoms with Gasteiger partial charge in [-0.25, -0.2) is 0 Å². The minimum absolute atomic E-state index is 0.728. The Labute approximate surface area is 132 Å². The summed E-state index contributed by atoms with van der Waals surface area (Å²) in [5.41, 5.74) is 2.76. The molecular weight excluding hydrogens is 252 g/mol. The molecule has 0 heterocycles. The maximum Gasteiger partial charge on any atom is -0.00974 e. The van der Waals surface area contributed by atoms with Crippen molar-refractivity contribution < 1.29 is 0 Å². The molecule has 0 nitrogen and oxygen atoms in total. The lowest BCUT2D eigenvalue weighted by molar-refractivity contribution is 0.537. The highest BCUT2D eigenvalue weighted by Gasteiger charge is 1.97. The van der Waals surface area contributed by atoms with Crippen LogP contribution in [-0.2, 0) is 6.42 Å². The third-order valence-electron chi connectivity index (χ3n) is 4.20. The molecule has 0 saturated carbocycles. The number of allylic oxidation sites excluding steroid dienone is 2. The highest BCUT2D eigenvalue weighted by atomic mass is 14.0. The summed E-state index contributed by atoms with van der Waals surface area (Å²) in [6.07, 6.45) is 17.0. The van der Waals surface area contributed by atoms with Gasteiger partial charge in [0.15, 0.2) is 0 Å². The van der Waals surface area contributed by atoms with E-state index in [1.165, 1.54) is 62.5 Å². The lowest BCUT2D eigenvalue weighted by Crippen LogP contribution is -1.91. The summed E-state index contributed by atoms with van der Waals surface area (Å²) in [5, 5.41) is 0. The van der Waals surface area contributed by atoms with Crippen LogP contribution in [0.1, 0.15) is 76.3 Å². The average molecular weight is 287 g/mol. The second-order valence-electron chi connectivity index (χ2n) is 6.51. The van der Waals surface area contributed by atoms with Gasteiger partial charge >= 0.3 is 0 Å². The van der Waals surface area contributed by atoms with Crippen molar-refractivity contribution in [3.05, 3.63) is 47.5 Å². The molecule has 1 unspecified atom stereocenters. The van der Waals surface area contributed by atoms with E-state index in [1.54, 1.807) is 0 Å². The van der Waals surface area contributed by atoms with Crippen molar-refractivity contribution in [3.63, 3.8) is 0 Å². The van der Waals surface area contributed by atoms with E-state index < -0.39 is 0 Å². The first kappa shape index (κ1) is 18.0. The van der Waals surface area contributed by atoms with E-state index >= 15 is 0 Å². The van der Waals surface area contributed by atoms with Crippen LogP contribution in [0.5, 0.6) is 0 Å². The Hall–Kier alpha value is -1.04. The molecule has 118 valence electrons. The standard InChI is InChI=1S/C21H34/c1-4-5-6-7-8-9-10-12-19(2)13-11-14-21-17-15-20(3)16-18-21/h11,13,15-19H,4-10,12,14H2,1-3H3/b13-11+. The van der Waals surface area contributed by atoms with Gasteiger partial charge in [-0.1, -0.05) is 101 Å². The van der Waals surface area contributed by atoms with E-state index in [1.807, 2.05) is 0 Å². The van der Waals surface area contributed by atoms with Gasteiger partial charge in [-0.3, -0.25) is 0 Å². The Morgan fingerprint density at radius 2 is 1.52 bits per heavy atom. The van der Waals surface area contributed by atoms with E-state index in [4.69, 9.17) is 0 Å². The predicted molar refractivity (Wildman–Crippen MR) is 95.8 cm³/mol. The summed E-state index contributed by atoms with van der Waals surface area (Å²) in [6, 6.07) is 8.87. The molecule has 1 aromatic rings. The molecule has 0 aliphatic heterocycles. The molecule has 0 aromatic heterocycles. The van der Waals surface area contributed by atoms with Crippen LogP contribution in [0.2, 0.25) is 0 Å². The fourth-order valence-corrected chi connectivity index (χ4v) is 2.68. The minimum Gasteiger partial charge on any atom is -0.0854 e. The monoisotopic (exact) mass is 286 g/mol. The Bertz CT molecular complexity index is 372. The zero-order valence-corrected chi connectivity index (χ0v) is 14.4. The van der Waals surface area contributed by atoms with Gasteiger partial charge in [-0.2, -0.15) is 0 Å². The van der Waals surface area contributed by atoms with Crippen LogP contribution in [0.4, 0.5) is 0 Å². The summed E-state index contributed by atoms with van der Waals surface area (Å²) < 4.78 is 0. The van der Waals surface area contributed by atoms with Gasteiger partial charge in [0.2, 0.25) is 0 Å². The molecule has 21 heavy (non-hydrogen) atoms. The van der Waals surface area contributed by atoms with Gasteiger partial charge < -0.3 is 0 Å². The summed E-state index contributed by atoms with van der Waals surface area (Å²) >= 11 is 0. The highest BCUT2D eigenvalue weighted by Crippen LogP contribution is 2.14. The van der Waals surface area contributed by atoms with Gasteiger partial charge in [0.05, 0.1) is 0 Å². The van der Waals surface area contributed by atoms with E-state index in [0.717, 1.165) is 12.3 Å². The SMILES string of the molecule is CCCCCCCCCC(C)/C=C/Cc1ccc(C)cc1. The second-order valence-corrected chi connectivity index (χ2v) is 6.51. The third-order valence-corrected chi connectivity index (χ3v) is 4.20. The molecular formula is C21H34. The van der Waals surface area contributed by atoms with Crippen molar-refractivity contribution in [2.45, 2.75) is 78.6 Å². The fraction of sp³-hybridized carbons (Fsp3) is 0.619. The van der Waals surface area contributed by atoms with Crippen LogP contribution in [0.3, 0.4) is 0 Å². The first-order valence-electron chi connectivity index (χ1n) is 8.94.